The summed E-state index contributed by atoms with van der Waals surface area (Å²) in [4.78, 5) is 27.7. The second kappa shape index (κ2) is 4.78. The first-order valence-corrected chi connectivity index (χ1v) is 6.95. The van der Waals surface area contributed by atoms with Crippen molar-refractivity contribution in [3.8, 4) is 0 Å². The van der Waals surface area contributed by atoms with Gasteiger partial charge in [0.2, 0.25) is 5.91 Å². The summed E-state index contributed by atoms with van der Waals surface area (Å²) in [6.07, 6.45) is 1.95. The molecule has 1 amide bonds. The number of carbonyl (C=O) groups is 2. The van der Waals surface area contributed by atoms with E-state index in [1.54, 1.807) is 4.90 Å². The molecule has 1 N–H and O–H groups in total. The van der Waals surface area contributed by atoms with Crippen molar-refractivity contribution in [3.63, 3.8) is 0 Å². The first-order valence-electron chi connectivity index (χ1n) is 6.95. The van der Waals surface area contributed by atoms with Gasteiger partial charge in [0.15, 0.2) is 0 Å². The van der Waals surface area contributed by atoms with Crippen LogP contribution in [0.4, 0.5) is 0 Å². The normalized spacial score (nSPS) is 30.9. The topological polar surface area (TPSA) is 60.9 Å². The average Bonchev–Trinajstić information content (AvgIpc) is 2.91. The fourth-order valence-electron chi connectivity index (χ4n) is 3.34. The van der Waals surface area contributed by atoms with E-state index in [0.29, 0.717) is 0 Å². The number of likely N-dealkylation sites (tertiary alicyclic amines) is 1. The lowest BCUT2D eigenvalue weighted by Crippen LogP contribution is -2.45. The van der Waals surface area contributed by atoms with Crippen LogP contribution in [0.15, 0.2) is 0 Å². The first kappa shape index (κ1) is 14.3. The smallest absolute Gasteiger partial charge is 0.307 e. The maximum absolute atomic E-state index is 12.5. The zero-order valence-electron chi connectivity index (χ0n) is 12.2. The molecule has 0 spiro atoms. The summed E-state index contributed by atoms with van der Waals surface area (Å²) < 4.78 is 0. The number of rotatable bonds is 3. The van der Waals surface area contributed by atoms with Gasteiger partial charge in [-0.25, -0.2) is 0 Å². The van der Waals surface area contributed by atoms with E-state index in [0.717, 1.165) is 25.9 Å². The Hall–Kier alpha value is -1.10. The molecule has 0 radical (unpaired) electrons. The van der Waals surface area contributed by atoms with Crippen molar-refractivity contribution in [2.75, 3.05) is 27.2 Å². The van der Waals surface area contributed by atoms with E-state index in [-0.39, 0.29) is 17.9 Å². The Kier molecular flexibility index (Phi) is 3.60. The van der Waals surface area contributed by atoms with Crippen LogP contribution in [-0.4, -0.2) is 60.0 Å². The standard InChI is InChI=1S/C14H24N2O3/c1-14(2)10(11(14)13(18)19)12(17)16(4)9-5-7-15(3)8-6-9/h9-11H,5-8H2,1-4H3,(H,18,19)/t10-,11+/m1/s1. The van der Waals surface area contributed by atoms with Crippen LogP contribution >= 0.6 is 0 Å². The number of hydrogen-bond acceptors (Lipinski definition) is 3. The monoisotopic (exact) mass is 268 g/mol. The number of aliphatic carboxylic acids is 1. The Morgan fingerprint density at radius 3 is 2.16 bits per heavy atom. The summed E-state index contributed by atoms with van der Waals surface area (Å²) in [6.45, 7) is 5.74. The fraction of sp³-hybridized carbons (Fsp3) is 0.857. The summed E-state index contributed by atoms with van der Waals surface area (Å²) in [6, 6.07) is 0.259. The van der Waals surface area contributed by atoms with Crippen molar-refractivity contribution in [1.29, 1.82) is 0 Å². The van der Waals surface area contributed by atoms with Gasteiger partial charge >= 0.3 is 5.97 Å². The largest absolute Gasteiger partial charge is 0.481 e. The van der Waals surface area contributed by atoms with Crippen LogP contribution in [0.3, 0.4) is 0 Å². The van der Waals surface area contributed by atoms with Gasteiger partial charge in [0.25, 0.3) is 0 Å². The number of nitrogens with zero attached hydrogens (tertiary/aromatic N) is 2. The van der Waals surface area contributed by atoms with Gasteiger partial charge in [-0.05, 0) is 38.4 Å². The van der Waals surface area contributed by atoms with Crippen molar-refractivity contribution >= 4 is 11.9 Å². The van der Waals surface area contributed by atoms with Gasteiger partial charge < -0.3 is 14.9 Å². The van der Waals surface area contributed by atoms with E-state index in [1.165, 1.54) is 0 Å². The molecule has 2 fully saturated rings. The SMILES string of the molecule is CN1CCC(N(C)C(=O)[C@H]2[C@@H](C(=O)O)C2(C)C)CC1. The minimum atomic E-state index is -0.847. The summed E-state index contributed by atoms with van der Waals surface area (Å²) in [5.74, 6) is -1.71. The maximum atomic E-state index is 12.5. The van der Waals surface area contributed by atoms with Gasteiger partial charge in [-0.3, -0.25) is 9.59 Å². The minimum Gasteiger partial charge on any atom is -0.481 e. The molecule has 2 atom stereocenters. The summed E-state index contributed by atoms with van der Waals surface area (Å²) in [5, 5.41) is 9.16. The average molecular weight is 268 g/mol. The molecule has 0 bridgehead atoms. The predicted octanol–water partition coefficient (Wildman–Crippen LogP) is 0.896. The second-order valence-electron chi connectivity index (χ2n) is 6.60. The maximum Gasteiger partial charge on any atom is 0.307 e. The molecule has 1 aliphatic carbocycles. The van der Waals surface area contributed by atoms with E-state index < -0.39 is 17.3 Å². The van der Waals surface area contributed by atoms with Crippen LogP contribution in [0.2, 0.25) is 0 Å². The zero-order valence-corrected chi connectivity index (χ0v) is 12.2. The molecule has 5 heteroatoms. The number of carboxylic acid groups (broad SMARTS) is 1. The third kappa shape index (κ3) is 2.48. The fourth-order valence-corrected chi connectivity index (χ4v) is 3.34. The van der Waals surface area contributed by atoms with Crippen molar-refractivity contribution in [2.24, 2.45) is 17.3 Å². The lowest BCUT2D eigenvalue weighted by Gasteiger charge is -2.35. The van der Waals surface area contributed by atoms with Crippen molar-refractivity contribution < 1.29 is 14.7 Å². The molecular weight excluding hydrogens is 244 g/mol. The van der Waals surface area contributed by atoms with Gasteiger partial charge in [0.05, 0.1) is 11.8 Å². The molecule has 2 rings (SSSR count). The van der Waals surface area contributed by atoms with Gasteiger partial charge in [-0.1, -0.05) is 13.8 Å². The Balaban J connectivity index is 1.99. The summed E-state index contributed by atoms with van der Waals surface area (Å²) >= 11 is 0. The molecular formula is C14H24N2O3. The Morgan fingerprint density at radius 2 is 1.74 bits per heavy atom. The first-order chi connectivity index (χ1) is 8.76. The van der Waals surface area contributed by atoms with Gasteiger partial charge in [-0.15, -0.1) is 0 Å². The van der Waals surface area contributed by atoms with Crippen molar-refractivity contribution in [3.05, 3.63) is 0 Å². The van der Waals surface area contributed by atoms with Crippen LogP contribution in [0.25, 0.3) is 0 Å². The molecule has 0 unspecified atom stereocenters. The quantitative estimate of drug-likeness (QED) is 0.826. The van der Waals surface area contributed by atoms with E-state index in [2.05, 4.69) is 11.9 Å². The highest BCUT2D eigenvalue weighted by atomic mass is 16.4. The second-order valence-corrected chi connectivity index (χ2v) is 6.60. The molecule has 1 heterocycles. The minimum absolute atomic E-state index is 0.00644. The van der Waals surface area contributed by atoms with Crippen molar-refractivity contribution in [1.82, 2.24) is 9.80 Å². The highest BCUT2D eigenvalue weighted by Gasteiger charge is 2.66. The third-order valence-electron chi connectivity index (χ3n) is 4.94. The zero-order chi connectivity index (χ0) is 14.4. The van der Waals surface area contributed by atoms with E-state index in [4.69, 9.17) is 5.11 Å². The van der Waals surface area contributed by atoms with Crippen LogP contribution in [0.1, 0.15) is 26.7 Å². The van der Waals surface area contributed by atoms with Crippen LogP contribution in [-0.2, 0) is 9.59 Å². The van der Waals surface area contributed by atoms with Crippen molar-refractivity contribution in [2.45, 2.75) is 32.7 Å². The summed E-state index contributed by atoms with van der Waals surface area (Å²) in [5.41, 5.74) is -0.400. The molecule has 1 saturated carbocycles. The third-order valence-corrected chi connectivity index (χ3v) is 4.94. The Labute approximate surface area is 114 Å². The van der Waals surface area contributed by atoms with E-state index >= 15 is 0 Å². The van der Waals surface area contributed by atoms with Gasteiger partial charge in [-0.2, -0.15) is 0 Å². The number of hydrogen-bond donors (Lipinski definition) is 1. The molecule has 2 aliphatic rings. The van der Waals surface area contributed by atoms with Crippen LogP contribution in [0.5, 0.6) is 0 Å². The highest BCUT2D eigenvalue weighted by Crippen LogP contribution is 2.59. The molecule has 1 saturated heterocycles. The number of piperidine rings is 1. The molecule has 0 aromatic heterocycles. The molecule has 5 nitrogen and oxygen atoms in total. The van der Waals surface area contributed by atoms with Crippen LogP contribution in [0, 0.1) is 17.3 Å². The van der Waals surface area contributed by atoms with Gasteiger partial charge in [0.1, 0.15) is 0 Å². The Morgan fingerprint density at radius 1 is 1.21 bits per heavy atom. The predicted molar refractivity (Wildman–Crippen MR) is 71.7 cm³/mol. The lowest BCUT2D eigenvalue weighted by atomic mass is 10.0. The highest BCUT2D eigenvalue weighted by molar-refractivity contribution is 5.91. The molecule has 1 aliphatic heterocycles. The van der Waals surface area contributed by atoms with E-state index in [1.807, 2.05) is 20.9 Å². The molecule has 108 valence electrons. The molecule has 0 aromatic rings. The van der Waals surface area contributed by atoms with Crippen LogP contribution < -0.4 is 0 Å². The lowest BCUT2D eigenvalue weighted by molar-refractivity contribution is -0.142. The number of amides is 1. The number of carbonyl (C=O) groups excluding carboxylic acids is 1. The van der Waals surface area contributed by atoms with E-state index in [9.17, 15) is 9.59 Å². The number of carboxylic acids is 1. The Bertz CT molecular complexity index is 386. The molecule has 0 aromatic carbocycles. The summed E-state index contributed by atoms with van der Waals surface area (Å²) in [7, 11) is 3.91. The molecule has 19 heavy (non-hydrogen) atoms. The van der Waals surface area contributed by atoms with Gasteiger partial charge in [0, 0.05) is 13.1 Å².